The zero-order valence-electron chi connectivity index (χ0n) is 29.0. The zero-order chi connectivity index (χ0) is 31.5. The van der Waals surface area contributed by atoms with Crippen LogP contribution in [0.5, 0.6) is 0 Å². The maximum absolute atomic E-state index is 3.40. The van der Waals surface area contributed by atoms with Gasteiger partial charge in [-0.3, -0.25) is 6.08 Å². The third-order valence-corrected chi connectivity index (χ3v) is 9.56. The summed E-state index contributed by atoms with van der Waals surface area (Å²) < 4.78 is 1.55. The summed E-state index contributed by atoms with van der Waals surface area (Å²) in [6.45, 7) is 26.9. The summed E-state index contributed by atoms with van der Waals surface area (Å²) in [5.41, 5.74) is 7.71. The van der Waals surface area contributed by atoms with Gasteiger partial charge in [0.15, 0.2) is 0 Å². The number of fused-ring (bicyclic) bond motifs is 3. The molecule has 0 saturated heterocycles. The summed E-state index contributed by atoms with van der Waals surface area (Å²) in [5.74, 6) is 0.518. The predicted molar refractivity (Wildman–Crippen MR) is 184 cm³/mol. The summed E-state index contributed by atoms with van der Waals surface area (Å²) in [7, 11) is 0. The van der Waals surface area contributed by atoms with Gasteiger partial charge in [-0.05, 0) is 10.8 Å². The van der Waals surface area contributed by atoms with Gasteiger partial charge in [0.2, 0.25) is 0 Å². The van der Waals surface area contributed by atoms with Crippen molar-refractivity contribution in [1.82, 2.24) is 0 Å². The summed E-state index contributed by atoms with van der Waals surface area (Å²) in [4.78, 5) is 0. The topological polar surface area (TPSA) is 0 Å². The van der Waals surface area contributed by atoms with Crippen LogP contribution in [0.25, 0.3) is 21.5 Å². The summed E-state index contributed by atoms with van der Waals surface area (Å²) in [6, 6.07) is 26.8. The van der Waals surface area contributed by atoms with Crippen LogP contribution in [0.2, 0.25) is 0 Å². The Hall–Kier alpha value is -1.66. The molecule has 5 rings (SSSR count). The van der Waals surface area contributed by atoms with E-state index >= 15 is 0 Å². The van der Waals surface area contributed by atoms with Crippen LogP contribution in [0.15, 0.2) is 90.0 Å². The van der Waals surface area contributed by atoms with Gasteiger partial charge in [-0.25, -0.2) is 5.57 Å². The molecular weight excluding hydrogens is 655 g/mol. The van der Waals surface area contributed by atoms with Gasteiger partial charge >= 0.3 is 76.7 Å². The first kappa shape index (κ1) is 40.4. The summed E-state index contributed by atoms with van der Waals surface area (Å²) in [6.07, 6.45) is 6.90. The van der Waals surface area contributed by atoms with Gasteiger partial charge in [0.05, 0.1) is 0 Å². The van der Waals surface area contributed by atoms with Crippen LogP contribution >= 0.6 is 0 Å². The molecule has 4 aromatic rings. The van der Waals surface area contributed by atoms with E-state index in [0.29, 0.717) is 11.3 Å². The third kappa shape index (κ3) is 10.7. The first-order chi connectivity index (χ1) is 19.4. The van der Waals surface area contributed by atoms with Crippen LogP contribution in [0.3, 0.4) is 0 Å². The van der Waals surface area contributed by atoms with E-state index in [2.05, 4.69) is 168 Å². The molecule has 1 unspecified atom stereocenters. The Bertz CT molecular complexity index is 1510. The zero-order valence-corrected chi connectivity index (χ0v) is 33.0. The number of halogens is 2. The molecule has 1 aliphatic rings. The minimum Gasteiger partial charge on any atom is -1.00 e. The summed E-state index contributed by atoms with van der Waals surface area (Å²) >= 11 is 1.54. The molecule has 0 radical (unpaired) electrons. The van der Waals surface area contributed by atoms with E-state index in [1.54, 1.807) is 3.21 Å². The fraction of sp³-hybridized carbons (Fsp3) is 0.415. The van der Waals surface area contributed by atoms with E-state index in [1.165, 1.54) is 80.0 Å². The fourth-order valence-electron chi connectivity index (χ4n) is 5.45. The first-order valence-corrected chi connectivity index (χ1v) is 16.7. The monoisotopic (exact) mass is 704 g/mol. The van der Waals surface area contributed by atoms with Crippen molar-refractivity contribution in [2.24, 2.45) is 11.3 Å². The van der Waals surface area contributed by atoms with Crippen molar-refractivity contribution in [3.05, 3.63) is 113 Å². The second kappa shape index (κ2) is 16.3. The van der Waals surface area contributed by atoms with Gasteiger partial charge in [-0.1, -0.05) is 123 Å². The molecule has 4 aromatic carbocycles. The van der Waals surface area contributed by atoms with E-state index in [-0.39, 0.29) is 35.6 Å². The standard InChI is InChI=1S/C21H25.C11H17.C9H10.2ClH.Zr/c1-20(2,3)16-7-9-18-14(12-16)11-15-13-17(21(4,5)6)8-10-19(15)18;1-8-6-9(2)10(7-8)11(3,4)5;1-2-6-9-7-4-3-5-8-9;;;/h7-13H,1-6H3;7-8H,1-5H3;3-5,7-8H,2H2,1H3;2*1H;/q2*-1;;;;+2/p-2. The molecule has 0 nitrogen and oxygen atoms in total. The van der Waals surface area contributed by atoms with Gasteiger partial charge in [0.1, 0.15) is 0 Å². The average Bonchev–Trinajstić information content (AvgIpc) is 3.46. The molecule has 0 aliphatic heterocycles. The van der Waals surface area contributed by atoms with Gasteiger partial charge in [0, 0.05) is 0 Å². The predicted octanol–water partition coefficient (Wildman–Crippen LogP) is 5.84. The van der Waals surface area contributed by atoms with Crippen molar-refractivity contribution in [2.45, 2.75) is 100 Å². The van der Waals surface area contributed by atoms with Gasteiger partial charge in [-0.15, -0.1) is 39.7 Å². The molecule has 0 heterocycles. The third-order valence-electron chi connectivity index (χ3n) is 7.99. The maximum Gasteiger partial charge on any atom is -1.00 e. The van der Waals surface area contributed by atoms with Gasteiger partial charge < -0.3 is 24.8 Å². The van der Waals surface area contributed by atoms with Crippen LogP contribution in [-0.4, -0.2) is 3.21 Å². The van der Waals surface area contributed by atoms with Crippen LogP contribution in [0.1, 0.15) is 106 Å². The minimum absolute atomic E-state index is 0. The molecule has 3 heteroatoms. The number of rotatable bonds is 2. The number of hydrogen-bond donors (Lipinski definition) is 0. The van der Waals surface area contributed by atoms with E-state index in [0.717, 1.165) is 0 Å². The van der Waals surface area contributed by atoms with Crippen LogP contribution in [-0.2, 0) is 35.1 Å². The van der Waals surface area contributed by atoms with Gasteiger partial charge in [0.25, 0.3) is 0 Å². The molecule has 0 fully saturated rings. The molecule has 1 atom stereocenters. The second-order valence-electron chi connectivity index (χ2n) is 14.8. The molecule has 0 saturated carbocycles. The average molecular weight is 707 g/mol. The molecule has 0 N–H and O–H groups in total. The number of hydrogen-bond acceptors (Lipinski definition) is 0. The Kier molecular flexibility index (Phi) is 14.9. The molecule has 0 spiro atoms. The molecule has 44 heavy (non-hydrogen) atoms. The molecule has 0 aromatic heterocycles. The van der Waals surface area contributed by atoms with Crippen molar-refractivity contribution in [3.8, 4) is 0 Å². The van der Waals surface area contributed by atoms with E-state index in [9.17, 15) is 0 Å². The number of benzene rings is 3. The van der Waals surface area contributed by atoms with E-state index < -0.39 is 0 Å². The molecular formula is C41H52Cl2Zr-2. The number of allylic oxidation sites excluding steroid dienone is 4. The van der Waals surface area contributed by atoms with E-state index in [4.69, 9.17) is 0 Å². The normalized spacial score (nSPS) is 14.7. The Balaban J connectivity index is 0.000000358. The van der Waals surface area contributed by atoms with Crippen LogP contribution < -0.4 is 24.8 Å². The first-order valence-electron chi connectivity index (χ1n) is 15.5. The van der Waals surface area contributed by atoms with Gasteiger partial charge in [-0.2, -0.15) is 11.6 Å². The fourth-order valence-corrected chi connectivity index (χ4v) is 5.86. The molecule has 236 valence electrons. The smallest absolute Gasteiger partial charge is 1.00 e. The van der Waals surface area contributed by atoms with E-state index in [1.807, 2.05) is 0 Å². The molecule has 0 amide bonds. The quantitative estimate of drug-likeness (QED) is 0.230. The maximum atomic E-state index is 3.40. The molecule has 0 bridgehead atoms. The van der Waals surface area contributed by atoms with Crippen molar-refractivity contribution >= 4 is 24.8 Å². The summed E-state index contributed by atoms with van der Waals surface area (Å²) in [5, 5.41) is 5.48. The largest absolute Gasteiger partial charge is 1.00 e. The van der Waals surface area contributed by atoms with Crippen molar-refractivity contribution in [3.63, 3.8) is 0 Å². The molecule has 1 aliphatic carbocycles. The van der Waals surface area contributed by atoms with Crippen molar-refractivity contribution in [2.75, 3.05) is 0 Å². The second-order valence-corrected chi connectivity index (χ2v) is 16.3. The van der Waals surface area contributed by atoms with Crippen molar-refractivity contribution < 1.29 is 49.0 Å². The Morgan fingerprint density at radius 2 is 1.18 bits per heavy atom. The Morgan fingerprint density at radius 3 is 1.50 bits per heavy atom. The SMILES string of the molecule is CC(C)(C)c1ccc2c(c1)[cH-]c1cc(C(C)(C)C)ccc12.CC1=[C-]C(C)C=C1C(C)(C)C.CC[C](=[Zr+2])c1ccccc1.[Cl-].[Cl-]. The van der Waals surface area contributed by atoms with Crippen LogP contribution in [0.4, 0.5) is 0 Å². The Morgan fingerprint density at radius 1 is 0.727 bits per heavy atom. The van der Waals surface area contributed by atoms with Crippen LogP contribution in [0, 0.1) is 17.4 Å². The minimum atomic E-state index is 0. The Labute approximate surface area is 296 Å². The van der Waals surface area contributed by atoms with Crippen molar-refractivity contribution in [1.29, 1.82) is 0 Å².